The van der Waals surface area contributed by atoms with Crippen molar-refractivity contribution < 1.29 is 13.9 Å². The number of benzene rings is 2. The van der Waals surface area contributed by atoms with E-state index in [1.54, 1.807) is 0 Å². The van der Waals surface area contributed by atoms with E-state index >= 15 is 0 Å². The Kier molecular flexibility index (Phi) is 6.78. The van der Waals surface area contributed by atoms with Crippen LogP contribution in [0.1, 0.15) is 53.9 Å². The van der Waals surface area contributed by atoms with E-state index in [0.29, 0.717) is 6.16 Å². The van der Waals surface area contributed by atoms with Gasteiger partial charge in [-0.1, -0.05) is 86.8 Å². The molecule has 5 heteroatoms. The lowest BCUT2D eigenvalue weighted by Crippen LogP contribution is -2.41. The summed E-state index contributed by atoms with van der Waals surface area (Å²) in [5.41, 5.74) is -0.767. The second-order valence-electron chi connectivity index (χ2n) is 9.12. The molecule has 0 aromatic heterocycles. The molecule has 3 rings (SSSR count). The molecule has 1 heterocycles. The molecule has 0 bridgehead atoms. The lowest BCUT2D eigenvalue weighted by Gasteiger charge is -2.32. The first-order valence-electron chi connectivity index (χ1n) is 10.8. The zero-order valence-corrected chi connectivity index (χ0v) is 19.3. The minimum absolute atomic E-state index is 0.0715. The summed E-state index contributed by atoms with van der Waals surface area (Å²) < 4.78 is 27.4. The molecular formula is C24H34BO3P. The summed E-state index contributed by atoms with van der Waals surface area (Å²) in [7, 11) is -3.16. The van der Waals surface area contributed by atoms with Crippen LogP contribution in [0, 0.1) is 0 Å². The quantitative estimate of drug-likeness (QED) is 0.415. The first kappa shape index (κ1) is 22.3. The van der Waals surface area contributed by atoms with Gasteiger partial charge in [0.1, 0.15) is 7.14 Å². The molecule has 1 atom stereocenters. The molecular weight excluding hydrogens is 378 g/mol. The molecule has 1 aliphatic rings. The van der Waals surface area contributed by atoms with Crippen LogP contribution in [-0.4, -0.2) is 24.5 Å². The predicted molar refractivity (Wildman–Crippen MR) is 124 cm³/mol. The van der Waals surface area contributed by atoms with E-state index in [1.807, 2.05) is 60.7 Å². The van der Waals surface area contributed by atoms with Gasteiger partial charge in [0.25, 0.3) is 0 Å². The summed E-state index contributed by atoms with van der Waals surface area (Å²) >= 11 is 0. The van der Waals surface area contributed by atoms with Crippen LogP contribution in [0.25, 0.3) is 0 Å². The summed E-state index contributed by atoms with van der Waals surface area (Å²) in [5, 5.41) is 1.81. The number of unbranched alkanes of at least 4 members (excludes halogenated alkanes) is 1. The van der Waals surface area contributed by atoms with E-state index in [9.17, 15) is 4.57 Å². The molecule has 156 valence electrons. The van der Waals surface area contributed by atoms with Gasteiger partial charge in [0.15, 0.2) is 0 Å². The number of hydrogen-bond acceptors (Lipinski definition) is 3. The van der Waals surface area contributed by atoms with Crippen molar-refractivity contribution in [2.24, 2.45) is 0 Å². The predicted octanol–water partition coefficient (Wildman–Crippen LogP) is 5.65. The van der Waals surface area contributed by atoms with Crippen molar-refractivity contribution in [3.05, 3.63) is 60.7 Å². The Labute approximate surface area is 176 Å². The van der Waals surface area contributed by atoms with Crippen LogP contribution >= 0.6 is 7.14 Å². The maximum atomic E-state index is 14.6. The second kappa shape index (κ2) is 8.80. The van der Waals surface area contributed by atoms with E-state index in [4.69, 9.17) is 9.31 Å². The van der Waals surface area contributed by atoms with Crippen molar-refractivity contribution in [2.45, 2.75) is 70.9 Å². The molecule has 0 radical (unpaired) electrons. The van der Waals surface area contributed by atoms with Gasteiger partial charge < -0.3 is 13.9 Å². The van der Waals surface area contributed by atoms with Gasteiger partial charge in [-0.25, -0.2) is 0 Å². The fourth-order valence-corrected chi connectivity index (χ4v) is 6.93. The van der Waals surface area contributed by atoms with Crippen LogP contribution in [0.2, 0.25) is 5.82 Å². The summed E-state index contributed by atoms with van der Waals surface area (Å²) in [6.07, 6.45) is 3.66. The lowest BCUT2D eigenvalue weighted by molar-refractivity contribution is 0.00578. The van der Waals surface area contributed by atoms with Crippen molar-refractivity contribution in [2.75, 3.05) is 6.16 Å². The molecule has 1 fully saturated rings. The highest BCUT2D eigenvalue weighted by Gasteiger charge is 2.54. The Morgan fingerprint density at radius 3 is 1.72 bits per heavy atom. The van der Waals surface area contributed by atoms with E-state index in [0.717, 1.165) is 29.9 Å². The highest BCUT2D eigenvalue weighted by atomic mass is 31.2. The molecule has 3 nitrogen and oxygen atoms in total. The Balaban J connectivity index is 1.98. The normalized spacial score (nSPS) is 19.3. The molecule has 2 aromatic rings. The van der Waals surface area contributed by atoms with E-state index < -0.39 is 7.14 Å². The van der Waals surface area contributed by atoms with E-state index in [2.05, 4.69) is 34.6 Å². The minimum Gasteiger partial charge on any atom is -0.403 e. The van der Waals surface area contributed by atoms with Crippen molar-refractivity contribution in [1.29, 1.82) is 0 Å². The minimum atomic E-state index is -2.82. The number of rotatable bonds is 8. The molecule has 0 saturated carbocycles. The third kappa shape index (κ3) is 4.71. The van der Waals surface area contributed by atoms with Crippen LogP contribution in [-0.2, 0) is 13.9 Å². The van der Waals surface area contributed by atoms with Gasteiger partial charge >= 0.3 is 7.12 Å². The van der Waals surface area contributed by atoms with Crippen molar-refractivity contribution in [3.8, 4) is 0 Å². The Morgan fingerprint density at radius 2 is 1.31 bits per heavy atom. The fraction of sp³-hybridized carbons (Fsp3) is 0.500. The van der Waals surface area contributed by atoms with Gasteiger partial charge in [-0.15, -0.1) is 0 Å². The summed E-state index contributed by atoms with van der Waals surface area (Å²) in [6, 6.07) is 19.8. The van der Waals surface area contributed by atoms with Crippen LogP contribution in [0.15, 0.2) is 60.7 Å². The molecule has 0 N–H and O–H groups in total. The highest BCUT2D eigenvalue weighted by molar-refractivity contribution is 7.78. The zero-order chi connectivity index (χ0) is 21.1. The van der Waals surface area contributed by atoms with Gasteiger partial charge in [-0.2, -0.15) is 0 Å². The molecule has 1 saturated heterocycles. The van der Waals surface area contributed by atoms with Gasteiger partial charge in [0, 0.05) is 22.6 Å². The van der Waals surface area contributed by atoms with E-state index in [-0.39, 0.29) is 24.1 Å². The van der Waals surface area contributed by atoms with Crippen molar-refractivity contribution in [3.63, 3.8) is 0 Å². The Bertz CT molecular complexity index is 776. The monoisotopic (exact) mass is 412 g/mol. The van der Waals surface area contributed by atoms with Crippen LogP contribution in [0.3, 0.4) is 0 Å². The summed E-state index contributed by atoms with van der Waals surface area (Å²) in [4.78, 5) is 0. The summed E-state index contributed by atoms with van der Waals surface area (Å²) in [6.45, 7) is 10.5. The maximum Gasteiger partial charge on any atom is 0.461 e. The van der Waals surface area contributed by atoms with Gasteiger partial charge in [0.05, 0.1) is 11.2 Å². The smallest absolute Gasteiger partial charge is 0.403 e. The van der Waals surface area contributed by atoms with Crippen LogP contribution in [0.4, 0.5) is 0 Å². The molecule has 29 heavy (non-hydrogen) atoms. The third-order valence-electron chi connectivity index (χ3n) is 6.42. The van der Waals surface area contributed by atoms with Crippen molar-refractivity contribution in [1.82, 2.24) is 0 Å². The maximum absolute atomic E-state index is 14.6. The highest BCUT2D eigenvalue weighted by Crippen LogP contribution is 2.50. The first-order chi connectivity index (χ1) is 13.7. The molecule has 0 unspecified atom stereocenters. The molecule has 0 amide bonds. The van der Waals surface area contributed by atoms with E-state index in [1.165, 1.54) is 0 Å². The van der Waals surface area contributed by atoms with Gasteiger partial charge in [0.2, 0.25) is 0 Å². The van der Waals surface area contributed by atoms with Crippen molar-refractivity contribution >= 4 is 24.9 Å². The standard InChI is InChI=1S/C24H34BO3P/c1-6-7-14-20(25-27-23(2,3)24(4,5)28-25)19-29(26,21-15-10-8-11-16-21)22-17-12-9-13-18-22/h8-13,15-18,20H,6-7,14,19H2,1-5H3/t20-/m1/s1. The van der Waals surface area contributed by atoms with Gasteiger partial charge in [-0.3, -0.25) is 0 Å². The van der Waals surface area contributed by atoms with Crippen LogP contribution < -0.4 is 10.6 Å². The second-order valence-corrected chi connectivity index (χ2v) is 12.0. The summed E-state index contributed by atoms with van der Waals surface area (Å²) in [5.74, 6) is 0.0715. The molecule has 1 aliphatic heterocycles. The first-order valence-corrected chi connectivity index (χ1v) is 12.6. The average molecular weight is 412 g/mol. The fourth-order valence-electron chi connectivity index (χ4n) is 3.89. The Hall–Kier alpha value is -1.35. The number of hydrogen-bond donors (Lipinski definition) is 0. The van der Waals surface area contributed by atoms with Crippen LogP contribution in [0.5, 0.6) is 0 Å². The average Bonchev–Trinajstić information content (AvgIpc) is 2.93. The van der Waals surface area contributed by atoms with Gasteiger partial charge in [-0.05, 0) is 27.7 Å². The zero-order valence-electron chi connectivity index (χ0n) is 18.4. The lowest BCUT2D eigenvalue weighted by atomic mass is 9.70. The molecule has 0 spiro atoms. The SMILES string of the molecule is CCCC[C@H](CP(=O)(c1ccccc1)c1ccccc1)B1OC(C)(C)C(C)(C)O1. The molecule has 2 aromatic carbocycles. The Morgan fingerprint density at radius 1 is 0.862 bits per heavy atom. The topological polar surface area (TPSA) is 35.5 Å². The largest absolute Gasteiger partial charge is 0.461 e. The third-order valence-corrected chi connectivity index (χ3v) is 9.67. The molecule has 0 aliphatic carbocycles.